The highest BCUT2D eigenvalue weighted by atomic mass is 16.4. The number of carbonyl (C=O) groups is 2. The van der Waals surface area contributed by atoms with Crippen molar-refractivity contribution in [3.05, 3.63) is 0 Å². The van der Waals surface area contributed by atoms with Gasteiger partial charge in [0.15, 0.2) is 0 Å². The van der Waals surface area contributed by atoms with Crippen LogP contribution in [0.5, 0.6) is 0 Å². The van der Waals surface area contributed by atoms with Crippen LogP contribution in [0.15, 0.2) is 0 Å². The lowest BCUT2D eigenvalue weighted by Crippen LogP contribution is -2.36. The Bertz CT molecular complexity index is 308. The topological polar surface area (TPSA) is 69.6 Å². The molecule has 0 unspecified atom stereocenters. The van der Waals surface area contributed by atoms with Gasteiger partial charge >= 0.3 is 5.97 Å². The molecule has 1 fully saturated rings. The maximum Gasteiger partial charge on any atom is 0.306 e. The Morgan fingerprint density at radius 3 is 2.15 bits per heavy atom. The lowest BCUT2D eigenvalue weighted by molar-refractivity contribution is -0.144. The highest BCUT2D eigenvalue weighted by Gasteiger charge is 2.29. The predicted octanol–water partition coefficient (Wildman–Crippen LogP) is 1.73. The van der Waals surface area contributed by atoms with E-state index in [-0.39, 0.29) is 17.7 Å². The van der Waals surface area contributed by atoms with Gasteiger partial charge in [0.05, 0.1) is 5.92 Å². The van der Waals surface area contributed by atoms with E-state index in [1.54, 1.807) is 0 Å². The predicted molar refractivity (Wildman–Crippen MR) is 78.5 cm³/mol. The average molecular weight is 284 g/mol. The number of amides is 1. The summed E-state index contributed by atoms with van der Waals surface area (Å²) < 4.78 is 0. The van der Waals surface area contributed by atoms with E-state index < -0.39 is 5.97 Å². The van der Waals surface area contributed by atoms with E-state index in [1.165, 1.54) is 0 Å². The molecule has 2 N–H and O–H groups in total. The van der Waals surface area contributed by atoms with Crippen molar-refractivity contribution >= 4 is 11.9 Å². The molecule has 0 saturated heterocycles. The highest BCUT2D eigenvalue weighted by Crippen LogP contribution is 2.28. The van der Waals surface area contributed by atoms with Crippen LogP contribution in [0.1, 0.15) is 46.0 Å². The van der Waals surface area contributed by atoms with Gasteiger partial charge < -0.3 is 15.3 Å². The van der Waals surface area contributed by atoms with E-state index in [0.29, 0.717) is 32.2 Å². The van der Waals surface area contributed by atoms with Crippen LogP contribution >= 0.6 is 0 Å². The van der Waals surface area contributed by atoms with E-state index in [4.69, 9.17) is 5.11 Å². The van der Waals surface area contributed by atoms with Gasteiger partial charge in [-0.3, -0.25) is 9.59 Å². The number of aliphatic carboxylic acids is 1. The minimum atomic E-state index is -0.719. The van der Waals surface area contributed by atoms with Crippen molar-refractivity contribution in [3.8, 4) is 0 Å². The largest absolute Gasteiger partial charge is 0.481 e. The molecule has 0 spiro atoms. The SMILES string of the molecule is CCN(CC)CCCNC(=O)C1CCC(C(=O)O)CC1. The fraction of sp³-hybridized carbons (Fsp3) is 0.867. The van der Waals surface area contributed by atoms with Crippen LogP contribution in [0.3, 0.4) is 0 Å². The normalized spacial score (nSPS) is 22.8. The number of hydrogen-bond acceptors (Lipinski definition) is 3. The van der Waals surface area contributed by atoms with Gasteiger partial charge in [-0.15, -0.1) is 0 Å². The molecule has 5 heteroatoms. The van der Waals surface area contributed by atoms with Crippen molar-refractivity contribution in [1.82, 2.24) is 10.2 Å². The number of hydrogen-bond donors (Lipinski definition) is 2. The second-order valence-corrected chi connectivity index (χ2v) is 5.56. The van der Waals surface area contributed by atoms with Crippen LogP contribution in [0.25, 0.3) is 0 Å². The number of carboxylic acids is 1. The van der Waals surface area contributed by atoms with Crippen molar-refractivity contribution in [2.24, 2.45) is 11.8 Å². The third kappa shape index (κ3) is 5.49. The molecule has 1 aliphatic rings. The van der Waals surface area contributed by atoms with Crippen molar-refractivity contribution in [1.29, 1.82) is 0 Å². The Labute approximate surface area is 121 Å². The lowest BCUT2D eigenvalue weighted by Gasteiger charge is -2.25. The number of rotatable bonds is 8. The smallest absolute Gasteiger partial charge is 0.306 e. The Hall–Kier alpha value is -1.10. The Morgan fingerprint density at radius 2 is 1.65 bits per heavy atom. The van der Waals surface area contributed by atoms with Gasteiger partial charge in [0.2, 0.25) is 5.91 Å². The molecule has 0 aromatic heterocycles. The first-order chi connectivity index (χ1) is 9.58. The zero-order valence-corrected chi connectivity index (χ0v) is 12.7. The van der Waals surface area contributed by atoms with Gasteiger partial charge in [0.1, 0.15) is 0 Å². The van der Waals surface area contributed by atoms with E-state index >= 15 is 0 Å². The zero-order chi connectivity index (χ0) is 15.0. The van der Waals surface area contributed by atoms with Crippen LogP contribution in [-0.4, -0.2) is 48.1 Å². The number of nitrogens with one attached hydrogen (secondary N) is 1. The Kier molecular flexibility index (Phi) is 7.59. The van der Waals surface area contributed by atoms with E-state index in [0.717, 1.165) is 26.1 Å². The first-order valence-electron chi connectivity index (χ1n) is 7.81. The second kappa shape index (κ2) is 8.95. The molecule has 116 valence electrons. The molecule has 1 rings (SSSR count). The summed E-state index contributed by atoms with van der Waals surface area (Å²) in [6, 6.07) is 0. The highest BCUT2D eigenvalue weighted by molar-refractivity contribution is 5.79. The monoisotopic (exact) mass is 284 g/mol. The minimum Gasteiger partial charge on any atom is -0.481 e. The first-order valence-corrected chi connectivity index (χ1v) is 7.81. The first kappa shape index (κ1) is 17.0. The van der Waals surface area contributed by atoms with Crippen LogP contribution in [0.2, 0.25) is 0 Å². The molecule has 5 nitrogen and oxygen atoms in total. The van der Waals surface area contributed by atoms with Crippen LogP contribution in [0, 0.1) is 11.8 Å². The van der Waals surface area contributed by atoms with Crippen molar-refractivity contribution < 1.29 is 14.7 Å². The quantitative estimate of drug-likeness (QED) is 0.666. The number of carboxylic acid groups (broad SMARTS) is 1. The summed E-state index contributed by atoms with van der Waals surface area (Å²) in [5.41, 5.74) is 0. The molecule has 0 aromatic rings. The van der Waals surface area contributed by atoms with Crippen LogP contribution in [-0.2, 0) is 9.59 Å². The summed E-state index contributed by atoms with van der Waals surface area (Å²) >= 11 is 0. The fourth-order valence-electron chi connectivity index (χ4n) is 2.80. The van der Waals surface area contributed by atoms with Crippen molar-refractivity contribution in [3.63, 3.8) is 0 Å². The zero-order valence-electron chi connectivity index (χ0n) is 12.7. The van der Waals surface area contributed by atoms with Crippen LogP contribution in [0.4, 0.5) is 0 Å². The summed E-state index contributed by atoms with van der Waals surface area (Å²) in [6.07, 6.45) is 3.65. The molecule has 0 aromatic carbocycles. The van der Waals surface area contributed by atoms with Gasteiger partial charge in [-0.1, -0.05) is 13.8 Å². The molecular formula is C15H28N2O3. The van der Waals surface area contributed by atoms with Crippen molar-refractivity contribution in [2.75, 3.05) is 26.2 Å². The summed E-state index contributed by atoms with van der Waals surface area (Å²) in [5.74, 6) is -0.850. The fourth-order valence-corrected chi connectivity index (χ4v) is 2.80. The number of carbonyl (C=O) groups excluding carboxylic acids is 1. The van der Waals surface area contributed by atoms with Gasteiger partial charge in [-0.2, -0.15) is 0 Å². The van der Waals surface area contributed by atoms with Gasteiger partial charge in [0.25, 0.3) is 0 Å². The third-order valence-electron chi connectivity index (χ3n) is 4.29. The number of nitrogens with zero attached hydrogens (tertiary/aromatic N) is 1. The summed E-state index contributed by atoms with van der Waals surface area (Å²) in [7, 11) is 0. The van der Waals surface area contributed by atoms with E-state index in [1.807, 2.05) is 0 Å². The molecule has 20 heavy (non-hydrogen) atoms. The molecule has 1 aliphatic carbocycles. The van der Waals surface area contributed by atoms with Gasteiger partial charge in [0, 0.05) is 12.5 Å². The molecule has 0 bridgehead atoms. The third-order valence-corrected chi connectivity index (χ3v) is 4.29. The standard InChI is InChI=1S/C15H28N2O3/c1-3-17(4-2)11-5-10-16-14(18)12-6-8-13(9-7-12)15(19)20/h12-13H,3-11H2,1-2H3,(H,16,18)(H,19,20). The molecule has 0 heterocycles. The molecule has 1 saturated carbocycles. The average Bonchev–Trinajstić information content (AvgIpc) is 2.47. The molecule has 0 aliphatic heterocycles. The summed E-state index contributed by atoms with van der Waals surface area (Å²) in [4.78, 5) is 25.2. The Morgan fingerprint density at radius 1 is 1.10 bits per heavy atom. The van der Waals surface area contributed by atoms with Gasteiger partial charge in [-0.05, 0) is 51.7 Å². The lowest BCUT2D eigenvalue weighted by atomic mass is 9.81. The molecule has 0 radical (unpaired) electrons. The summed E-state index contributed by atoms with van der Waals surface area (Å²) in [6.45, 7) is 8.10. The molecule has 0 atom stereocenters. The van der Waals surface area contributed by atoms with E-state index in [9.17, 15) is 9.59 Å². The van der Waals surface area contributed by atoms with Crippen LogP contribution < -0.4 is 5.32 Å². The second-order valence-electron chi connectivity index (χ2n) is 5.56. The van der Waals surface area contributed by atoms with Crippen molar-refractivity contribution in [2.45, 2.75) is 46.0 Å². The maximum atomic E-state index is 12.0. The maximum absolute atomic E-state index is 12.0. The van der Waals surface area contributed by atoms with Gasteiger partial charge in [-0.25, -0.2) is 0 Å². The Balaban J connectivity index is 2.16. The molecular weight excluding hydrogens is 256 g/mol. The molecule has 1 amide bonds. The minimum absolute atomic E-state index is 0.0130. The summed E-state index contributed by atoms with van der Waals surface area (Å²) in [5, 5.41) is 11.9. The van der Waals surface area contributed by atoms with E-state index in [2.05, 4.69) is 24.1 Å².